The predicted octanol–water partition coefficient (Wildman–Crippen LogP) is 7.82. The van der Waals surface area contributed by atoms with E-state index in [0.717, 1.165) is 54.2 Å². The number of quaternary nitrogens is 1. The Bertz CT molecular complexity index is 1290. The van der Waals surface area contributed by atoms with E-state index in [4.69, 9.17) is 27.9 Å². The van der Waals surface area contributed by atoms with Gasteiger partial charge in [0.2, 0.25) is 0 Å². The second-order valence-electron chi connectivity index (χ2n) is 10.0. The summed E-state index contributed by atoms with van der Waals surface area (Å²) < 4.78 is 35.2. The lowest BCUT2D eigenvalue weighted by molar-refractivity contribution is -0.943. The van der Waals surface area contributed by atoms with Crippen molar-refractivity contribution in [2.24, 2.45) is 5.92 Å². The first-order valence-corrected chi connectivity index (χ1v) is 14.5. The van der Waals surface area contributed by atoms with Crippen LogP contribution in [0.2, 0.25) is 10.0 Å². The van der Waals surface area contributed by atoms with Crippen molar-refractivity contribution in [1.82, 2.24) is 0 Å². The van der Waals surface area contributed by atoms with Gasteiger partial charge in [-0.2, -0.15) is 0 Å². The maximum atomic E-state index is 14.8. The van der Waals surface area contributed by atoms with Crippen molar-refractivity contribution < 1.29 is 22.8 Å². The van der Waals surface area contributed by atoms with Crippen LogP contribution in [0.25, 0.3) is 0 Å². The minimum atomic E-state index is -0.587. The van der Waals surface area contributed by atoms with Gasteiger partial charge in [-0.15, -0.1) is 11.8 Å². The van der Waals surface area contributed by atoms with Crippen LogP contribution in [0.5, 0.6) is 0 Å². The number of hydrogen-bond donors (Lipinski definition) is 0. The fraction of sp³-hybridized carbons (Fsp3) is 0.345. The third-order valence-corrected chi connectivity index (χ3v) is 9.34. The van der Waals surface area contributed by atoms with Gasteiger partial charge in [-0.1, -0.05) is 47.5 Å². The summed E-state index contributed by atoms with van der Waals surface area (Å²) >= 11 is 14.2. The van der Waals surface area contributed by atoms with E-state index in [1.807, 2.05) is 12.1 Å². The first-order chi connectivity index (χ1) is 18.3. The number of ether oxygens (including phenoxy) is 1. The number of anilines is 1. The number of para-hydroxylation sites is 1. The molecule has 6 rings (SSSR count). The van der Waals surface area contributed by atoms with Gasteiger partial charge in [0.1, 0.15) is 18.2 Å². The Kier molecular flexibility index (Phi) is 8.48. The average Bonchev–Trinajstić information content (AvgIpc) is 2.91. The van der Waals surface area contributed by atoms with E-state index in [1.165, 1.54) is 23.1 Å². The molecule has 0 aliphatic carbocycles. The standard InChI is InChI=1S/C29H29Cl2F2N2O2S/c30-22-7-10-24(31)28(17-22)38-16-15-35-13-11-21(12-14-35)27(19-35)37-29(36)34(26-4-2-1-3-25(26)33)18-20-5-8-23(32)9-6-20/h1-10,17,21,27H,11-16,18-19H2/q+1. The fourth-order valence-electron chi connectivity index (χ4n) is 5.49. The Labute approximate surface area is 236 Å². The number of nitrogens with zero attached hydrogens (tertiary/aromatic N) is 2. The summed E-state index contributed by atoms with van der Waals surface area (Å²) in [6.07, 6.45) is 1.14. The molecule has 4 nitrogen and oxygen atoms in total. The van der Waals surface area contributed by atoms with E-state index in [0.29, 0.717) is 21.5 Å². The van der Waals surface area contributed by atoms with Gasteiger partial charge in [0.15, 0.2) is 6.10 Å². The molecule has 3 heterocycles. The zero-order valence-electron chi connectivity index (χ0n) is 20.8. The lowest BCUT2D eigenvalue weighted by Gasteiger charge is -2.52. The lowest BCUT2D eigenvalue weighted by Crippen LogP contribution is -2.65. The van der Waals surface area contributed by atoms with Gasteiger partial charge in [0.05, 0.1) is 36.9 Å². The quantitative estimate of drug-likeness (QED) is 0.202. The normalized spacial score (nSPS) is 22.3. The highest BCUT2D eigenvalue weighted by Crippen LogP contribution is 2.38. The molecule has 2 bridgehead atoms. The molecule has 1 atom stereocenters. The van der Waals surface area contributed by atoms with Gasteiger partial charge in [-0.3, -0.25) is 4.90 Å². The highest BCUT2D eigenvalue weighted by Gasteiger charge is 2.47. The van der Waals surface area contributed by atoms with Crippen LogP contribution in [0.1, 0.15) is 18.4 Å². The number of hydrogen-bond acceptors (Lipinski definition) is 3. The summed E-state index contributed by atoms with van der Waals surface area (Å²) in [4.78, 5) is 15.8. The van der Waals surface area contributed by atoms with Crippen molar-refractivity contribution in [3.8, 4) is 0 Å². The van der Waals surface area contributed by atoms with Crippen LogP contribution in [0, 0.1) is 17.6 Å². The summed E-state index contributed by atoms with van der Waals surface area (Å²) in [6, 6.07) is 17.5. The van der Waals surface area contributed by atoms with E-state index in [9.17, 15) is 13.6 Å². The molecule has 3 fully saturated rings. The van der Waals surface area contributed by atoms with Crippen molar-refractivity contribution in [2.75, 3.05) is 36.8 Å². The molecule has 3 aromatic rings. The number of carbonyl (C=O) groups excluding carboxylic acids is 1. The zero-order chi connectivity index (χ0) is 26.7. The highest BCUT2D eigenvalue weighted by molar-refractivity contribution is 7.99. The molecule has 0 spiro atoms. The van der Waals surface area contributed by atoms with E-state index >= 15 is 0 Å². The summed E-state index contributed by atoms with van der Waals surface area (Å²) in [7, 11) is 0. The van der Waals surface area contributed by atoms with Gasteiger partial charge in [0, 0.05) is 34.4 Å². The topological polar surface area (TPSA) is 29.5 Å². The third-order valence-electron chi connectivity index (χ3n) is 7.63. The average molecular weight is 579 g/mol. The molecule has 0 radical (unpaired) electrons. The second kappa shape index (κ2) is 11.8. The van der Waals surface area contributed by atoms with Gasteiger partial charge >= 0.3 is 6.09 Å². The predicted molar refractivity (Wildman–Crippen MR) is 149 cm³/mol. The lowest BCUT2D eigenvalue weighted by atomic mass is 9.83. The number of fused-ring (bicyclic) bond motifs is 3. The molecule has 0 saturated carbocycles. The van der Waals surface area contributed by atoms with E-state index in [2.05, 4.69) is 0 Å². The van der Waals surface area contributed by atoms with Crippen molar-refractivity contribution >= 4 is 46.7 Å². The molecule has 0 aromatic heterocycles. The van der Waals surface area contributed by atoms with Crippen LogP contribution in [0.15, 0.2) is 71.6 Å². The van der Waals surface area contributed by atoms with Crippen molar-refractivity contribution in [3.63, 3.8) is 0 Å². The SMILES string of the molecule is O=C(OC1C[N+]2(CCSc3cc(Cl)ccc3Cl)CCC1CC2)N(Cc1ccc(F)cc1)c1ccccc1F. The summed E-state index contributed by atoms with van der Waals surface area (Å²) in [6.45, 7) is 3.85. The highest BCUT2D eigenvalue weighted by atomic mass is 35.5. The fourth-order valence-corrected chi connectivity index (χ4v) is 7.12. The number of amides is 1. The molecule has 9 heteroatoms. The molecular formula is C29H29Cl2F2N2O2S+. The largest absolute Gasteiger partial charge is 0.440 e. The van der Waals surface area contributed by atoms with E-state index in [1.54, 1.807) is 48.2 Å². The molecule has 3 aliphatic rings. The second-order valence-corrected chi connectivity index (χ2v) is 12.0. The summed E-state index contributed by atoms with van der Waals surface area (Å²) in [5.41, 5.74) is 0.822. The van der Waals surface area contributed by atoms with Gasteiger partial charge in [-0.25, -0.2) is 13.6 Å². The maximum absolute atomic E-state index is 14.8. The molecule has 3 aromatic carbocycles. The van der Waals surface area contributed by atoms with Gasteiger partial charge < -0.3 is 9.22 Å². The third kappa shape index (κ3) is 6.28. The molecule has 0 N–H and O–H groups in total. The minimum Gasteiger partial charge on any atom is -0.440 e. The number of carbonyl (C=O) groups is 1. The summed E-state index contributed by atoms with van der Waals surface area (Å²) in [5.74, 6) is 0.283. The van der Waals surface area contributed by atoms with Crippen LogP contribution in [-0.2, 0) is 11.3 Å². The Morgan fingerprint density at radius 2 is 1.76 bits per heavy atom. The Hall–Kier alpha value is -2.32. The van der Waals surface area contributed by atoms with Crippen LogP contribution < -0.4 is 4.90 Å². The van der Waals surface area contributed by atoms with Crippen molar-refractivity contribution in [1.29, 1.82) is 0 Å². The van der Waals surface area contributed by atoms with E-state index < -0.39 is 11.9 Å². The first-order valence-electron chi connectivity index (χ1n) is 12.7. The molecule has 3 aliphatic heterocycles. The first kappa shape index (κ1) is 27.3. The van der Waals surface area contributed by atoms with Crippen LogP contribution in [0.4, 0.5) is 19.3 Å². The Balaban J connectivity index is 1.27. The van der Waals surface area contributed by atoms with Gasteiger partial charge in [0.25, 0.3) is 0 Å². The molecule has 3 saturated heterocycles. The molecule has 1 unspecified atom stereocenters. The Morgan fingerprint density at radius 3 is 2.50 bits per heavy atom. The van der Waals surface area contributed by atoms with Crippen molar-refractivity contribution in [3.05, 3.63) is 94.0 Å². The van der Waals surface area contributed by atoms with Crippen LogP contribution in [0.3, 0.4) is 0 Å². The molecular weight excluding hydrogens is 549 g/mol. The number of halogens is 4. The minimum absolute atomic E-state index is 0.0778. The number of rotatable bonds is 8. The number of piperidine rings is 3. The molecule has 38 heavy (non-hydrogen) atoms. The number of benzene rings is 3. The molecule has 1 amide bonds. The zero-order valence-corrected chi connectivity index (χ0v) is 23.1. The maximum Gasteiger partial charge on any atom is 0.415 e. The number of thioether (sulfide) groups is 1. The van der Waals surface area contributed by atoms with Crippen LogP contribution >= 0.6 is 35.0 Å². The van der Waals surface area contributed by atoms with E-state index in [-0.39, 0.29) is 24.2 Å². The van der Waals surface area contributed by atoms with Crippen LogP contribution in [-0.4, -0.2) is 48.6 Å². The Morgan fingerprint density at radius 1 is 1.03 bits per heavy atom. The summed E-state index contributed by atoms with van der Waals surface area (Å²) in [5, 5.41) is 1.35. The smallest absolute Gasteiger partial charge is 0.415 e. The molecule has 200 valence electrons. The van der Waals surface area contributed by atoms with Gasteiger partial charge in [-0.05, 0) is 48.0 Å². The van der Waals surface area contributed by atoms with Crippen molar-refractivity contribution in [2.45, 2.75) is 30.4 Å². The monoisotopic (exact) mass is 577 g/mol.